The SMILES string of the molecule is Cc1ccc(C[C@](NC(=O)c2ccc(F)c(C(F)(F)F)c2)(c2cc(F)cc(OC(F)(F)C(F)F)c2)c2ccc(Cl)cn2)cc1. The van der Waals surface area contributed by atoms with Gasteiger partial charge in [-0.2, -0.15) is 30.7 Å². The Labute approximate surface area is 249 Å². The molecule has 0 bridgehead atoms. The van der Waals surface area contributed by atoms with Gasteiger partial charge in [0.1, 0.15) is 22.9 Å². The smallest absolute Gasteiger partial charge is 0.428 e. The summed E-state index contributed by atoms with van der Waals surface area (Å²) in [7, 11) is 0. The normalized spacial score (nSPS) is 13.5. The lowest BCUT2D eigenvalue weighted by atomic mass is 9.79. The van der Waals surface area contributed by atoms with Crippen molar-refractivity contribution in [1.29, 1.82) is 0 Å². The molecule has 0 fully saturated rings. The minimum atomic E-state index is -5.16. The Balaban J connectivity index is 1.96. The highest BCUT2D eigenvalue weighted by atomic mass is 35.5. The number of aryl methyl sites for hydroxylation is 1. The van der Waals surface area contributed by atoms with Crippen LogP contribution in [0.1, 0.15) is 38.3 Å². The van der Waals surface area contributed by atoms with Gasteiger partial charge in [-0.25, -0.2) is 8.78 Å². The summed E-state index contributed by atoms with van der Waals surface area (Å²) in [4.78, 5) is 17.8. The van der Waals surface area contributed by atoms with Gasteiger partial charge in [0.2, 0.25) is 0 Å². The molecule has 1 aromatic heterocycles. The Morgan fingerprint density at radius 1 is 0.932 bits per heavy atom. The van der Waals surface area contributed by atoms with Gasteiger partial charge >= 0.3 is 18.7 Å². The van der Waals surface area contributed by atoms with E-state index in [1.54, 1.807) is 31.2 Å². The molecule has 0 saturated carbocycles. The van der Waals surface area contributed by atoms with Crippen LogP contribution >= 0.6 is 11.6 Å². The fraction of sp³-hybridized carbons (Fsp3) is 0.200. The third-order valence-corrected chi connectivity index (χ3v) is 6.71. The number of amides is 1. The summed E-state index contributed by atoms with van der Waals surface area (Å²) in [6.45, 7) is 1.77. The number of nitrogens with zero attached hydrogens (tertiary/aromatic N) is 1. The molecule has 4 nitrogen and oxygen atoms in total. The van der Waals surface area contributed by atoms with Crippen molar-refractivity contribution >= 4 is 17.5 Å². The Bertz CT molecular complexity index is 1650. The highest BCUT2D eigenvalue weighted by Gasteiger charge is 2.45. The molecule has 3 aromatic carbocycles. The summed E-state index contributed by atoms with van der Waals surface area (Å²) in [6.07, 6.45) is -13.7. The Morgan fingerprint density at radius 2 is 1.61 bits per heavy atom. The van der Waals surface area contributed by atoms with E-state index in [2.05, 4.69) is 15.0 Å². The van der Waals surface area contributed by atoms with E-state index in [1.807, 2.05) is 0 Å². The van der Waals surface area contributed by atoms with E-state index in [9.17, 15) is 44.3 Å². The molecule has 4 rings (SSSR count). The third kappa shape index (κ3) is 7.26. The molecule has 0 unspecified atom stereocenters. The number of hydrogen-bond donors (Lipinski definition) is 1. The lowest BCUT2D eigenvalue weighted by molar-refractivity contribution is -0.253. The number of aromatic nitrogens is 1. The molecule has 1 N–H and O–H groups in total. The molecule has 1 heterocycles. The molecule has 0 aliphatic heterocycles. The Hall–Kier alpha value is -4.26. The molecular weight excluding hydrogens is 627 g/mol. The molecule has 44 heavy (non-hydrogen) atoms. The van der Waals surface area contributed by atoms with Gasteiger partial charge in [-0.15, -0.1) is 0 Å². The van der Waals surface area contributed by atoms with Gasteiger partial charge in [-0.05, 0) is 60.5 Å². The quantitative estimate of drug-likeness (QED) is 0.186. The van der Waals surface area contributed by atoms with E-state index in [1.165, 1.54) is 12.1 Å². The summed E-state index contributed by atoms with van der Waals surface area (Å²) in [6, 6.07) is 12.6. The molecule has 232 valence electrons. The minimum Gasteiger partial charge on any atom is -0.428 e. The number of pyridine rings is 1. The van der Waals surface area contributed by atoms with Crippen molar-refractivity contribution in [3.05, 3.63) is 129 Å². The topological polar surface area (TPSA) is 51.2 Å². The molecule has 0 aliphatic carbocycles. The highest BCUT2D eigenvalue weighted by Crippen LogP contribution is 2.38. The lowest BCUT2D eigenvalue weighted by Crippen LogP contribution is -2.49. The molecule has 4 aromatic rings. The number of hydrogen-bond acceptors (Lipinski definition) is 3. The van der Waals surface area contributed by atoms with Gasteiger partial charge in [-0.3, -0.25) is 9.78 Å². The van der Waals surface area contributed by atoms with Crippen molar-refractivity contribution in [3.8, 4) is 5.75 Å². The van der Waals surface area contributed by atoms with E-state index >= 15 is 0 Å². The number of carbonyl (C=O) groups excluding carboxylic acids is 1. The number of rotatable bonds is 9. The zero-order chi connectivity index (χ0) is 32.4. The molecule has 1 atom stereocenters. The van der Waals surface area contributed by atoms with Crippen LogP contribution < -0.4 is 10.1 Å². The Morgan fingerprint density at radius 3 is 2.20 bits per heavy atom. The monoisotopic (exact) mass is 646 g/mol. The van der Waals surface area contributed by atoms with E-state index in [0.29, 0.717) is 17.7 Å². The van der Waals surface area contributed by atoms with Crippen LogP contribution in [0.5, 0.6) is 5.75 Å². The van der Waals surface area contributed by atoms with E-state index in [4.69, 9.17) is 11.6 Å². The van der Waals surface area contributed by atoms with Crippen molar-refractivity contribution in [1.82, 2.24) is 10.3 Å². The van der Waals surface area contributed by atoms with Gasteiger partial charge < -0.3 is 10.1 Å². The summed E-state index contributed by atoms with van der Waals surface area (Å²) >= 11 is 5.99. The summed E-state index contributed by atoms with van der Waals surface area (Å²) in [5.74, 6) is -5.18. The van der Waals surface area contributed by atoms with Crippen LogP contribution in [0.4, 0.5) is 39.5 Å². The number of alkyl halides is 7. The molecule has 0 spiro atoms. The number of ether oxygens (including phenoxy) is 1. The average Bonchev–Trinajstić information content (AvgIpc) is 2.93. The van der Waals surface area contributed by atoms with Crippen LogP contribution in [0.2, 0.25) is 5.02 Å². The molecular formula is C30H20ClF9N2O2. The number of carbonyl (C=O) groups is 1. The summed E-state index contributed by atoms with van der Waals surface area (Å²) in [5, 5.41) is 2.62. The average molecular weight is 647 g/mol. The number of halogens is 10. The van der Waals surface area contributed by atoms with E-state index in [-0.39, 0.29) is 28.8 Å². The predicted octanol–water partition coefficient (Wildman–Crippen LogP) is 8.49. The van der Waals surface area contributed by atoms with Crippen LogP contribution in [0.25, 0.3) is 0 Å². The molecule has 14 heteroatoms. The van der Waals surface area contributed by atoms with Crippen LogP contribution in [0.15, 0.2) is 79.0 Å². The van der Waals surface area contributed by atoms with Crippen molar-refractivity contribution in [3.63, 3.8) is 0 Å². The third-order valence-electron chi connectivity index (χ3n) is 6.49. The van der Waals surface area contributed by atoms with E-state index in [0.717, 1.165) is 30.0 Å². The van der Waals surface area contributed by atoms with Crippen molar-refractivity contribution in [2.24, 2.45) is 0 Å². The first-order chi connectivity index (χ1) is 20.5. The molecule has 0 saturated heterocycles. The lowest BCUT2D eigenvalue weighted by Gasteiger charge is -2.36. The zero-order valence-electron chi connectivity index (χ0n) is 22.3. The number of benzene rings is 3. The summed E-state index contributed by atoms with van der Waals surface area (Å²) in [5.41, 5.74) is -3.70. The standard InChI is InChI=1S/C30H20ClF9N2O2/c1-16-2-4-17(5-3-16)14-28(25-9-7-20(31)15-41-25,19-11-21(32)13-22(12-19)44-30(39,40)27(34)35)42-26(43)18-6-8-24(33)23(10-18)29(36,37)38/h2-13,15,27H,14H2,1H3,(H,42,43)/t28-/m0/s1. The van der Waals surface area contributed by atoms with Gasteiger partial charge in [0, 0.05) is 24.2 Å². The van der Waals surface area contributed by atoms with Crippen LogP contribution in [-0.2, 0) is 18.1 Å². The van der Waals surface area contributed by atoms with Gasteiger partial charge in [0.25, 0.3) is 5.91 Å². The first-order valence-electron chi connectivity index (χ1n) is 12.5. The predicted molar refractivity (Wildman–Crippen MR) is 142 cm³/mol. The first-order valence-corrected chi connectivity index (χ1v) is 12.9. The highest BCUT2D eigenvalue weighted by molar-refractivity contribution is 6.30. The van der Waals surface area contributed by atoms with Crippen LogP contribution in [-0.4, -0.2) is 23.4 Å². The van der Waals surface area contributed by atoms with Crippen LogP contribution in [0, 0.1) is 18.6 Å². The molecule has 0 aliphatic rings. The van der Waals surface area contributed by atoms with Crippen LogP contribution in [0.3, 0.4) is 0 Å². The van der Waals surface area contributed by atoms with Crippen molar-refractivity contribution < 1.29 is 49.0 Å². The molecule has 0 radical (unpaired) electrons. The Kier molecular flexibility index (Phi) is 9.19. The largest absolute Gasteiger partial charge is 0.461 e. The van der Waals surface area contributed by atoms with Crippen molar-refractivity contribution in [2.75, 3.05) is 0 Å². The molecule has 1 amide bonds. The maximum Gasteiger partial charge on any atom is 0.461 e. The second-order valence-electron chi connectivity index (χ2n) is 9.72. The van der Waals surface area contributed by atoms with Crippen molar-refractivity contribution in [2.45, 2.75) is 37.6 Å². The first kappa shape index (κ1) is 32.6. The second kappa shape index (κ2) is 12.4. The van der Waals surface area contributed by atoms with Gasteiger partial charge in [0.15, 0.2) is 0 Å². The zero-order valence-corrected chi connectivity index (χ0v) is 23.1. The summed E-state index contributed by atoms with van der Waals surface area (Å²) < 4.78 is 127. The van der Waals surface area contributed by atoms with E-state index < -0.39 is 58.7 Å². The maximum absolute atomic E-state index is 15.0. The van der Waals surface area contributed by atoms with Gasteiger partial charge in [0.05, 0.1) is 16.3 Å². The minimum absolute atomic E-state index is 0.105. The maximum atomic E-state index is 15.0. The van der Waals surface area contributed by atoms with Gasteiger partial charge in [-0.1, -0.05) is 41.4 Å². The fourth-order valence-electron chi connectivity index (χ4n) is 4.38. The number of nitrogens with one attached hydrogen (secondary N) is 1. The fourth-order valence-corrected chi connectivity index (χ4v) is 4.49. The second-order valence-corrected chi connectivity index (χ2v) is 10.2.